The second kappa shape index (κ2) is 5.00. The second-order valence-corrected chi connectivity index (χ2v) is 0.948. The van der Waals surface area contributed by atoms with Crippen LogP contribution < -0.4 is 0 Å². The molecule has 0 atom stereocenters. The van der Waals surface area contributed by atoms with Gasteiger partial charge in [0.15, 0.2) is 0 Å². The van der Waals surface area contributed by atoms with Crippen molar-refractivity contribution in [1.29, 1.82) is 0 Å². The topological polar surface area (TPSA) is 0 Å². The first-order valence-electron chi connectivity index (χ1n) is 1.98. The van der Waals surface area contributed by atoms with Crippen LogP contribution in [0.15, 0.2) is 36.6 Å². The molecule has 0 bridgehead atoms. The summed E-state index contributed by atoms with van der Waals surface area (Å²) in [4.78, 5) is 0. The Morgan fingerprint density at radius 3 is 2.57 bits per heavy atom. The molecule has 0 unspecified atom stereocenters. The monoisotopic (exact) mass is 91.1 g/mol. The molecule has 7 heavy (non-hydrogen) atoms. The van der Waals surface area contributed by atoms with Crippen molar-refractivity contribution >= 4 is 0 Å². The smallest absolute Gasteiger partial charge is 0.0206 e. The van der Waals surface area contributed by atoms with E-state index in [0.29, 0.717) is 0 Å². The van der Waals surface area contributed by atoms with Crippen molar-refractivity contribution in [2.24, 2.45) is 0 Å². The lowest BCUT2D eigenvalue weighted by Crippen LogP contribution is -1.40. The van der Waals surface area contributed by atoms with Crippen molar-refractivity contribution in [2.75, 3.05) is 0 Å². The quantitative estimate of drug-likeness (QED) is 0.359. The Hall–Kier alpha value is -1.00. The Kier molecular flexibility index (Phi) is 4.29. The Bertz CT molecular complexity index is 112. The average Bonchev–Trinajstić information content (AvgIpc) is 1.69. The minimum Gasteiger partial charge on any atom is -0.129 e. The Labute approximate surface area is 44.2 Å². The maximum absolute atomic E-state index is 4.99. The van der Waals surface area contributed by atoms with Crippen LogP contribution in [0, 0.1) is 6.58 Å². The maximum Gasteiger partial charge on any atom is -0.0206 e. The minimum absolute atomic E-state index is 1.45. The van der Waals surface area contributed by atoms with Gasteiger partial charge in [-0.3, -0.25) is 0 Å². The predicted molar refractivity (Wildman–Crippen MR) is 31.7 cm³/mol. The molecule has 0 aliphatic heterocycles. The number of rotatable bonds is 2. The number of allylic oxidation sites excluding steroid dienone is 4. The zero-order valence-corrected chi connectivity index (χ0v) is 4.09. The number of hydrogen-bond donors (Lipinski definition) is 0. The lowest BCUT2D eigenvalue weighted by atomic mass is 10.5. The fraction of sp³-hybridized carbons (Fsp3) is 0. The SMILES string of the molecule is [CH]=CC=CC=C=C. The van der Waals surface area contributed by atoms with Gasteiger partial charge >= 0.3 is 0 Å². The molecule has 1 radical (unpaired) electrons. The molecule has 0 spiro atoms. The lowest BCUT2D eigenvalue weighted by Gasteiger charge is -1.61. The Morgan fingerprint density at radius 1 is 1.43 bits per heavy atom. The van der Waals surface area contributed by atoms with E-state index in [4.69, 9.17) is 6.58 Å². The summed E-state index contributed by atoms with van der Waals surface area (Å²) in [5, 5.41) is 0. The summed E-state index contributed by atoms with van der Waals surface area (Å²) in [5.41, 5.74) is 2.57. The average molecular weight is 91.1 g/mol. The highest BCUT2D eigenvalue weighted by Gasteiger charge is 1.50. The van der Waals surface area contributed by atoms with Crippen molar-refractivity contribution in [2.45, 2.75) is 0 Å². The first-order chi connectivity index (χ1) is 3.41. The summed E-state index contributed by atoms with van der Waals surface area (Å²) in [6.07, 6.45) is 6.60. The summed E-state index contributed by atoms with van der Waals surface area (Å²) < 4.78 is 0. The van der Waals surface area contributed by atoms with Crippen LogP contribution in [-0.2, 0) is 0 Å². The van der Waals surface area contributed by atoms with Crippen molar-refractivity contribution in [3.05, 3.63) is 43.2 Å². The van der Waals surface area contributed by atoms with E-state index in [-0.39, 0.29) is 0 Å². The zero-order chi connectivity index (χ0) is 5.54. The lowest BCUT2D eigenvalue weighted by molar-refractivity contribution is 1.95. The van der Waals surface area contributed by atoms with Gasteiger partial charge in [-0.15, -0.1) is 5.73 Å². The molecule has 0 heterocycles. The summed E-state index contributed by atoms with van der Waals surface area (Å²) in [5.74, 6) is 0. The van der Waals surface area contributed by atoms with Gasteiger partial charge in [0.25, 0.3) is 0 Å². The molecule has 0 aromatic heterocycles. The van der Waals surface area contributed by atoms with Gasteiger partial charge in [-0.2, -0.15) is 0 Å². The van der Waals surface area contributed by atoms with E-state index < -0.39 is 0 Å². The molecule has 35 valence electrons. The van der Waals surface area contributed by atoms with E-state index in [1.807, 2.05) is 0 Å². The van der Waals surface area contributed by atoms with Crippen LogP contribution in [0.5, 0.6) is 0 Å². The summed E-state index contributed by atoms with van der Waals surface area (Å²) in [7, 11) is 0. The molecule has 0 saturated heterocycles. The van der Waals surface area contributed by atoms with E-state index >= 15 is 0 Å². The van der Waals surface area contributed by atoms with Gasteiger partial charge in [0.1, 0.15) is 0 Å². The molecule has 0 amide bonds. The highest BCUT2D eigenvalue weighted by atomic mass is 13.6. The van der Waals surface area contributed by atoms with Crippen LogP contribution >= 0.6 is 0 Å². The standard InChI is InChI=1S/C7H7/c1-3-5-7-6-4-2/h1,3,5-7H,2H2. The van der Waals surface area contributed by atoms with Crippen LogP contribution in [0.2, 0.25) is 0 Å². The molecular formula is C7H7. The van der Waals surface area contributed by atoms with Crippen LogP contribution in [0.3, 0.4) is 0 Å². The highest BCUT2D eigenvalue weighted by molar-refractivity contribution is 5.06. The summed E-state index contributed by atoms with van der Waals surface area (Å²) in [6, 6.07) is 0. The van der Waals surface area contributed by atoms with Crippen molar-refractivity contribution in [1.82, 2.24) is 0 Å². The third kappa shape index (κ3) is 5.00. The molecule has 0 aliphatic carbocycles. The van der Waals surface area contributed by atoms with E-state index in [1.54, 1.807) is 18.2 Å². The first-order valence-corrected chi connectivity index (χ1v) is 1.98. The summed E-state index contributed by atoms with van der Waals surface area (Å²) >= 11 is 0. The molecule has 0 nitrogen and oxygen atoms in total. The molecular weight excluding hydrogens is 84.1 g/mol. The highest BCUT2D eigenvalue weighted by Crippen LogP contribution is 1.71. The van der Waals surface area contributed by atoms with Gasteiger partial charge in [0.05, 0.1) is 0 Å². The molecule has 0 heteroatoms. The molecule has 0 aliphatic rings. The Balaban J connectivity index is 3.47. The van der Waals surface area contributed by atoms with Crippen LogP contribution in [0.4, 0.5) is 0 Å². The third-order valence-electron chi connectivity index (χ3n) is 0.436. The molecule has 0 N–H and O–H groups in total. The van der Waals surface area contributed by atoms with Gasteiger partial charge in [-0.25, -0.2) is 0 Å². The molecule has 0 saturated carbocycles. The van der Waals surface area contributed by atoms with Crippen molar-refractivity contribution in [3.8, 4) is 0 Å². The van der Waals surface area contributed by atoms with E-state index in [2.05, 4.69) is 12.3 Å². The van der Waals surface area contributed by atoms with Crippen molar-refractivity contribution in [3.63, 3.8) is 0 Å². The fourth-order valence-corrected chi connectivity index (χ4v) is 0.188. The maximum atomic E-state index is 4.99. The normalized spacial score (nSPS) is 8.00. The van der Waals surface area contributed by atoms with E-state index in [1.165, 1.54) is 6.08 Å². The van der Waals surface area contributed by atoms with E-state index in [0.717, 1.165) is 0 Å². The zero-order valence-electron chi connectivity index (χ0n) is 4.09. The van der Waals surface area contributed by atoms with Gasteiger partial charge in [0.2, 0.25) is 0 Å². The van der Waals surface area contributed by atoms with E-state index in [9.17, 15) is 0 Å². The molecule has 0 fully saturated rings. The minimum atomic E-state index is 1.45. The van der Waals surface area contributed by atoms with Gasteiger partial charge < -0.3 is 0 Å². The van der Waals surface area contributed by atoms with Gasteiger partial charge in [0, 0.05) is 0 Å². The Morgan fingerprint density at radius 2 is 2.14 bits per heavy atom. The molecule has 0 aromatic carbocycles. The molecule has 0 rings (SSSR count). The molecule has 0 aromatic rings. The largest absolute Gasteiger partial charge is 0.129 e. The fourth-order valence-electron chi connectivity index (χ4n) is 0.188. The third-order valence-corrected chi connectivity index (χ3v) is 0.436. The second-order valence-electron chi connectivity index (χ2n) is 0.948. The number of hydrogen-bond acceptors (Lipinski definition) is 0. The van der Waals surface area contributed by atoms with Crippen LogP contribution in [0.25, 0.3) is 0 Å². The summed E-state index contributed by atoms with van der Waals surface area (Å²) in [6.45, 7) is 8.34. The van der Waals surface area contributed by atoms with Crippen LogP contribution in [0.1, 0.15) is 0 Å². The predicted octanol–water partition coefficient (Wildman–Crippen LogP) is 1.87. The van der Waals surface area contributed by atoms with Gasteiger partial charge in [-0.05, 0) is 6.08 Å². The first kappa shape index (κ1) is 6.00. The van der Waals surface area contributed by atoms with Gasteiger partial charge in [-0.1, -0.05) is 31.4 Å². The van der Waals surface area contributed by atoms with Crippen LogP contribution in [-0.4, -0.2) is 0 Å². The van der Waals surface area contributed by atoms with Crippen molar-refractivity contribution < 1.29 is 0 Å².